The number of fused-ring (bicyclic) bond motifs is 5. The number of nitrogens with zero attached hydrogens (tertiary/aromatic N) is 6. The lowest BCUT2D eigenvalue weighted by molar-refractivity contribution is -0.137. The summed E-state index contributed by atoms with van der Waals surface area (Å²) in [4.78, 5) is 22.0. The molecule has 5 aliphatic rings. The monoisotopic (exact) mass is 658 g/mol. The zero-order valence-corrected chi connectivity index (χ0v) is 26.7. The van der Waals surface area contributed by atoms with Crippen molar-refractivity contribution in [2.24, 2.45) is 5.41 Å². The Morgan fingerprint density at radius 1 is 1.15 bits per heavy atom. The zero-order chi connectivity index (χ0) is 33.0. The van der Waals surface area contributed by atoms with Gasteiger partial charge in [-0.15, -0.1) is 0 Å². The largest absolute Gasteiger partial charge is 0.472 e. The summed E-state index contributed by atoms with van der Waals surface area (Å²) in [7, 11) is 1.72. The summed E-state index contributed by atoms with van der Waals surface area (Å²) < 4.78 is 78.2. The SMILES string of the molecule is COC1(C)CN(CC2(COc3nc4c5c(nc(-c6cc(N)nc(C)c6C(F)(F)F)c(F)c5n3)O[C@@H](C)[C@@H]3[C@@H]5CC[C@H](CN43)N5)CC2)C1. The minimum Gasteiger partial charge on any atom is -0.472 e. The minimum absolute atomic E-state index is 0.0328. The van der Waals surface area contributed by atoms with Crippen LogP contribution in [0.1, 0.15) is 50.8 Å². The van der Waals surface area contributed by atoms with Gasteiger partial charge in [0.25, 0.3) is 0 Å². The number of nitrogens with one attached hydrogen (secondary N) is 1. The van der Waals surface area contributed by atoms with Crippen LogP contribution >= 0.6 is 0 Å². The van der Waals surface area contributed by atoms with Crippen LogP contribution in [0.3, 0.4) is 0 Å². The predicted molar refractivity (Wildman–Crippen MR) is 165 cm³/mol. The van der Waals surface area contributed by atoms with Crippen molar-refractivity contribution >= 4 is 22.5 Å². The van der Waals surface area contributed by atoms with Crippen LogP contribution < -0.4 is 25.4 Å². The molecule has 8 rings (SSSR count). The Morgan fingerprint density at radius 2 is 1.91 bits per heavy atom. The number of nitrogens with two attached hydrogens (primary N) is 1. The number of alkyl halides is 3. The number of anilines is 2. The molecule has 47 heavy (non-hydrogen) atoms. The van der Waals surface area contributed by atoms with E-state index in [9.17, 15) is 13.2 Å². The van der Waals surface area contributed by atoms with Crippen molar-refractivity contribution in [2.75, 3.05) is 50.5 Å². The van der Waals surface area contributed by atoms with Gasteiger partial charge in [0.05, 0.1) is 29.5 Å². The van der Waals surface area contributed by atoms with Crippen LogP contribution in [0.15, 0.2) is 6.07 Å². The van der Waals surface area contributed by atoms with Crippen LogP contribution in [0.4, 0.5) is 29.2 Å². The van der Waals surface area contributed by atoms with Gasteiger partial charge in [-0.25, -0.2) is 14.4 Å². The molecule has 1 saturated carbocycles. The maximum absolute atomic E-state index is 16.8. The van der Waals surface area contributed by atoms with Crippen LogP contribution in [-0.4, -0.2) is 94.6 Å². The standard InChI is InChI=1S/C32H38F4N8O3/c1-15-22(32(34,35)36)18(9-20(37)38-15)24-23(33)25-21-27(44-10-17-5-6-19(39-17)26(44)16(2)47-28(21)40-24)42-29(41-25)46-14-31(7-8-31)13-43-11-30(3,12-43)45-4/h9,16-17,19,26,39H,5-8,10-14H2,1-4H3,(H2,37,38)/t16-,17+,19-,26+/m0/s1. The highest BCUT2D eigenvalue weighted by atomic mass is 19.4. The maximum Gasteiger partial charge on any atom is 0.418 e. The summed E-state index contributed by atoms with van der Waals surface area (Å²) in [6, 6.07) is 1.07. The van der Waals surface area contributed by atoms with Gasteiger partial charge in [-0.05, 0) is 52.5 Å². The topological polar surface area (TPSA) is 124 Å². The van der Waals surface area contributed by atoms with E-state index in [1.165, 1.54) is 6.92 Å². The Morgan fingerprint density at radius 3 is 2.62 bits per heavy atom. The molecular formula is C32H38F4N8O3. The number of nitrogen functional groups attached to an aromatic ring is 1. The van der Waals surface area contributed by atoms with Crippen molar-refractivity contribution in [1.29, 1.82) is 0 Å². The molecule has 252 valence electrons. The van der Waals surface area contributed by atoms with Gasteiger partial charge in [0.2, 0.25) is 5.88 Å². The molecule has 1 aliphatic carbocycles. The van der Waals surface area contributed by atoms with Gasteiger partial charge in [-0.2, -0.15) is 23.1 Å². The molecule has 4 aliphatic heterocycles. The molecule has 4 atom stereocenters. The van der Waals surface area contributed by atoms with E-state index in [2.05, 4.69) is 37.0 Å². The third-order valence-corrected chi connectivity index (χ3v) is 10.6. The second-order valence-electron chi connectivity index (χ2n) is 14.3. The second kappa shape index (κ2) is 10.5. The Labute approximate surface area is 269 Å². The van der Waals surface area contributed by atoms with Crippen molar-refractivity contribution in [3.8, 4) is 23.1 Å². The van der Waals surface area contributed by atoms with Crippen molar-refractivity contribution in [2.45, 2.75) is 82.5 Å². The average molecular weight is 659 g/mol. The Hall–Kier alpha value is -3.56. The van der Waals surface area contributed by atoms with Crippen molar-refractivity contribution < 1.29 is 31.8 Å². The first kappa shape index (κ1) is 30.8. The van der Waals surface area contributed by atoms with E-state index in [0.29, 0.717) is 19.0 Å². The Bertz CT molecular complexity index is 1760. The molecule has 3 aromatic heterocycles. The number of ether oxygens (including phenoxy) is 3. The number of rotatable bonds is 7. The summed E-state index contributed by atoms with van der Waals surface area (Å²) in [5.74, 6) is -0.854. The molecule has 3 aromatic rings. The smallest absolute Gasteiger partial charge is 0.418 e. The number of aryl methyl sites for hydroxylation is 1. The molecule has 3 saturated heterocycles. The molecule has 11 nitrogen and oxygen atoms in total. The molecule has 0 radical (unpaired) electrons. The van der Waals surface area contributed by atoms with Gasteiger partial charge in [0, 0.05) is 56.4 Å². The molecule has 2 bridgehead atoms. The quantitative estimate of drug-likeness (QED) is 0.357. The first-order chi connectivity index (χ1) is 22.3. The summed E-state index contributed by atoms with van der Waals surface area (Å²) in [5, 5.41) is 3.86. The molecule has 4 fully saturated rings. The van der Waals surface area contributed by atoms with E-state index in [4.69, 9.17) is 24.9 Å². The Kier molecular flexibility index (Phi) is 6.85. The van der Waals surface area contributed by atoms with Gasteiger partial charge >= 0.3 is 12.2 Å². The number of methoxy groups -OCH3 is 1. The number of pyridine rings is 2. The van der Waals surface area contributed by atoms with E-state index in [1.54, 1.807) is 7.11 Å². The summed E-state index contributed by atoms with van der Waals surface area (Å²) in [6.07, 6.45) is -1.46. The van der Waals surface area contributed by atoms with Crippen molar-refractivity contribution in [3.05, 3.63) is 23.1 Å². The van der Waals surface area contributed by atoms with Crippen LogP contribution in [-0.2, 0) is 10.9 Å². The fourth-order valence-electron chi connectivity index (χ4n) is 8.13. The van der Waals surface area contributed by atoms with Crippen LogP contribution in [0.5, 0.6) is 11.9 Å². The van der Waals surface area contributed by atoms with Gasteiger partial charge in [0.15, 0.2) is 5.82 Å². The molecule has 0 unspecified atom stereocenters. The van der Waals surface area contributed by atoms with Crippen LogP contribution in [0.25, 0.3) is 22.2 Å². The van der Waals surface area contributed by atoms with E-state index in [1.807, 2.05) is 6.92 Å². The van der Waals surface area contributed by atoms with E-state index >= 15 is 4.39 Å². The highest BCUT2D eigenvalue weighted by Crippen LogP contribution is 2.49. The van der Waals surface area contributed by atoms with Crippen molar-refractivity contribution in [3.63, 3.8) is 0 Å². The highest BCUT2D eigenvalue weighted by molar-refractivity contribution is 5.97. The zero-order valence-electron chi connectivity index (χ0n) is 26.7. The fraction of sp³-hybridized carbons (Fsp3) is 0.625. The fourth-order valence-corrected chi connectivity index (χ4v) is 8.13. The number of aromatic nitrogens is 4. The molecular weight excluding hydrogens is 620 g/mol. The lowest BCUT2D eigenvalue weighted by Gasteiger charge is -2.48. The summed E-state index contributed by atoms with van der Waals surface area (Å²) >= 11 is 0. The third kappa shape index (κ3) is 5.12. The lowest BCUT2D eigenvalue weighted by atomic mass is 9.94. The third-order valence-electron chi connectivity index (χ3n) is 10.6. The minimum atomic E-state index is -4.85. The molecule has 3 N–H and O–H groups in total. The van der Waals surface area contributed by atoms with E-state index < -0.39 is 34.9 Å². The van der Waals surface area contributed by atoms with Gasteiger partial charge < -0.3 is 30.2 Å². The number of hydrogen-bond acceptors (Lipinski definition) is 11. The van der Waals surface area contributed by atoms with Crippen molar-refractivity contribution in [1.82, 2.24) is 30.2 Å². The predicted octanol–water partition coefficient (Wildman–Crippen LogP) is 4.11. The molecule has 7 heterocycles. The van der Waals surface area contributed by atoms with Gasteiger partial charge in [-0.3, -0.25) is 4.90 Å². The summed E-state index contributed by atoms with van der Waals surface area (Å²) in [5.41, 5.74) is 2.83. The number of piperazine rings is 1. The molecule has 0 amide bonds. The normalized spacial score (nSPS) is 27.2. The summed E-state index contributed by atoms with van der Waals surface area (Å²) in [6.45, 7) is 8.57. The second-order valence-corrected chi connectivity index (χ2v) is 14.3. The molecule has 15 heteroatoms. The first-order valence-corrected chi connectivity index (χ1v) is 16.1. The highest BCUT2D eigenvalue weighted by Gasteiger charge is 2.50. The molecule has 0 spiro atoms. The van der Waals surface area contributed by atoms with Crippen LogP contribution in [0, 0.1) is 18.2 Å². The lowest BCUT2D eigenvalue weighted by Crippen LogP contribution is -2.62. The van der Waals surface area contributed by atoms with E-state index in [0.717, 1.165) is 51.4 Å². The number of hydrogen-bond donors (Lipinski definition) is 2. The number of likely N-dealkylation sites (tertiary alicyclic amines) is 1. The Balaban J connectivity index is 1.24. The average Bonchev–Trinajstić information content (AvgIpc) is 3.68. The molecule has 0 aromatic carbocycles. The van der Waals surface area contributed by atoms with Gasteiger partial charge in [0.1, 0.15) is 34.3 Å². The van der Waals surface area contributed by atoms with E-state index in [-0.39, 0.29) is 63.4 Å². The maximum atomic E-state index is 16.8. The van der Waals surface area contributed by atoms with Gasteiger partial charge in [-0.1, -0.05) is 0 Å². The van der Waals surface area contributed by atoms with Crippen LogP contribution in [0.2, 0.25) is 0 Å². The first-order valence-electron chi connectivity index (χ1n) is 16.1. The number of halogens is 4.